The van der Waals surface area contributed by atoms with Crippen LogP contribution in [0.5, 0.6) is 5.75 Å². The molecule has 0 aromatic heterocycles. The van der Waals surface area contributed by atoms with Gasteiger partial charge in [0.05, 0.1) is 6.04 Å². The Kier molecular flexibility index (Phi) is 5.30. The normalized spacial score (nSPS) is 28.4. The monoisotopic (exact) mass is 448 g/mol. The number of ether oxygens (including phenoxy) is 3. The Hall–Kier alpha value is -2.57. The van der Waals surface area contributed by atoms with E-state index >= 15 is 0 Å². The Bertz CT molecular complexity index is 1020. The van der Waals surface area contributed by atoms with Gasteiger partial charge in [-0.25, -0.2) is 4.79 Å². The summed E-state index contributed by atoms with van der Waals surface area (Å²) in [6.45, 7) is 3.44. The number of carbonyl (C=O) groups is 1. The summed E-state index contributed by atoms with van der Waals surface area (Å²) in [5.74, 6) is 1.32. The van der Waals surface area contributed by atoms with E-state index in [1.807, 2.05) is 12.1 Å². The highest BCUT2D eigenvalue weighted by Crippen LogP contribution is 2.62. The van der Waals surface area contributed by atoms with E-state index in [2.05, 4.69) is 40.5 Å². The third-order valence-corrected chi connectivity index (χ3v) is 8.15. The van der Waals surface area contributed by atoms with E-state index in [0.29, 0.717) is 5.92 Å². The predicted molar refractivity (Wildman–Crippen MR) is 125 cm³/mol. The number of amides is 1. The standard InChI is InChI=1S/C27H32N2O4/c1-31-17-32-22-5-2-18(3-6-22)20-4-7-23-21(14-20)15-27(10-11-27)25(23)28-26(30)33-24-16-29-12-8-19(24)9-13-29/h2-7,14,19,24-25H,8-13,15-17H2,1H3,(H,28,30)/t24-,25?/m1/s1. The number of hydrogen-bond acceptors (Lipinski definition) is 5. The maximum atomic E-state index is 12.9. The van der Waals surface area contributed by atoms with E-state index in [4.69, 9.17) is 14.2 Å². The van der Waals surface area contributed by atoms with Crippen LogP contribution in [-0.4, -0.2) is 50.6 Å². The van der Waals surface area contributed by atoms with Crippen molar-refractivity contribution in [1.82, 2.24) is 10.2 Å². The van der Waals surface area contributed by atoms with Gasteiger partial charge < -0.3 is 19.5 Å². The van der Waals surface area contributed by atoms with Gasteiger partial charge in [0.1, 0.15) is 11.9 Å². The van der Waals surface area contributed by atoms with Crippen molar-refractivity contribution in [2.24, 2.45) is 11.3 Å². The molecule has 3 heterocycles. The molecule has 1 amide bonds. The summed E-state index contributed by atoms with van der Waals surface area (Å²) in [6, 6.07) is 14.8. The Labute approximate surface area is 195 Å². The number of methoxy groups -OCH3 is 1. The maximum absolute atomic E-state index is 12.9. The topological polar surface area (TPSA) is 60.0 Å². The summed E-state index contributed by atoms with van der Waals surface area (Å²) < 4.78 is 16.4. The lowest BCUT2D eigenvalue weighted by atomic mass is 9.86. The molecule has 2 bridgehead atoms. The zero-order valence-corrected chi connectivity index (χ0v) is 19.2. The molecule has 7 rings (SSSR count). The number of hydrogen-bond donors (Lipinski definition) is 1. The minimum absolute atomic E-state index is 0.0433. The van der Waals surface area contributed by atoms with E-state index in [9.17, 15) is 4.79 Å². The molecule has 33 heavy (non-hydrogen) atoms. The summed E-state index contributed by atoms with van der Waals surface area (Å²) >= 11 is 0. The fourth-order valence-electron chi connectivity index (χ4n) is 6.09. The number of piperidine rings is 3. The fraction of sp³-hybridized carbons (Fsp3) is 0.519. The molecule has 2 aliphatic carbocycles. The second-order valence-corrected chi connectivity index (χ2v) is 10.2. The van der Waals surface area contributed by atoms with E-state index in [1.165, 1.54) is 16.7 Å². The van der Waals surface area contributed by atoms with Crippen molar-refractivity contribution in [3.8, 4) is 16.9 Å². The van der Waals surface area contributed by atoms with Crippen LogP contribution in [0.2, 0.25) is 0 Å². The third-order valence-electron chi connectivity index (χ3n) is 8.15. The van der Waals surface area contributed by atoms with E-state index in [-0.39, 0.29) is 30.4 Å². The average molecular weight is 449 g/mol. The van der Waals surface area contributed by atoms with Gasteiger partial charge in [-0.1, -0.05) is 30.3 Å². The largest absolute Gasteiger partial charge is 0.468 e. The summed E-state index contributed by atoms with van der Waals surface area (Å²) in [7, 11) is 1.62. The smallest absolute Gasteiger partial charge is 0.407 e. The van der Waals surface area contributed by atoms with Gasteiger partial charge in [-0.15, -0.1) is 0 Å². The Balaban J connectivity index is 1.16. The summed E-state index contributed by atoms with van der Waals surface area (Å²) in [4.78, 5) is 15.3. The van der Waals surface area contributed by atoms with Crippen LogP contribution < -0.4 is 10.1 Å². The highest BCUT2D eigenvalue weighted by Gasteiger charge is 2.55. The number of rotatable bonds is 6. The van der Waals surface area contributed by atoms with Crippen LogP contribution >= 0.6 is 0 Å². The number of nitrogens with one attached hydrogen (secondary N) is 1. The molecule has 1 N–H and O–H groups in total. The second kappa shape index (κ2) is 8.33. The van der Waals surface area contributed by atoms with Gasteiger partial charge in [0.2, 0.25) is 0 Å². The Morgan fingerprint density at radius 2 is 1.85 bits per heavy atom. The summed E-state index contributed by atoms with van der Waals surface area (Å²) in [6.07, 6.45) is 5.44. The molecule has 1 spiro atoms. The van der Waals surface area contributed by atoms with Crippen molar-refractivity contribution >= 4 is 6.09 Å². The van der Waals surface area contributed by atoms with Crippen molar-refractivity contribution in [2.75, 3.05) is 33.5 Å². The molecular weight excluding hydrogens is 416 g/mol. The molecule has 2 aromatic carbocycles. The Morgan fingerprint density at radius 1 is 1.09 bits per heavy atom. The van der Waals surface area contributed by atoms with Gasteiger partial charge in [0.15, 0.2) is 6.79 Å². The first kappa shape index (κ1) is 21.0. The average Bonchev–Trinajstić information content (AvgIpc) is 3.56. The van der Waals surface area contributed by atoms with Gasteiger partial charge in [-0.05, 0) is 90.9 Å². The minimum Gasteiger partial charge on any atom is -0.468 e. The number of nitrogens with zero attached hydrogens (tertiary/aromatic N) is 1. The molecule has 174 valence electrons. The molecule has 3 saturated heterocycles. The zero-order valence-electron chi connectivity index (χ0n) is 19.2. The maximum Gasteiger partial charge on any atom is 0.407 e. The van der Waals surface area contributed by atoms with Crippen molar-refractivity contribution in [3.05, 3.63) is 53.6 Å². The molecule has 5 aliphatic rings. The van der Waals surface area contributed by atoms with Crippen LogP contribution in [0.15, 0.2) is 42.5 Å². The molecule has 0 radical (unpaired) electrons. The molecule has 2 atom stereocenters. The highest BCUT2D eigenvalue weighted by atomic mass is 16.7. The fourth-order valence-corrected chi connectivity index (χ4v) is 6.09. The van der Waals surface area contributed by atoms with Gasteiger partial charge in [-0.3, -0.25) is 4.90 Å². The lowest BCUT2D eigenvalue weighted by molar-refractivity contribution is -0.0344. The molecule has 6 heteroatoms. The van der Waals surface area contributed by atoms with Gasteiger partial charge in [0.25, 0.3) is 0 Å². The lowest BCUT2D eigenvalue weighted by Gasteiger charge is -2.44. The first-order valence-corrected chi connectivity index (χ1v) is 12.2. The molecule has 2 aromatic rings. The van der Waals surface area contributed by atoms with E-state index < -0.39 is 0 Å². The van der Waals surface area contributed by atoms with Gasteiger partial charge >= 0.3 is 6.09 Å². The molecule has 4 fully saturated rings. The van der Waals surface area contributed by atoms with Crippen molar-refractivity contribution in [2.45, 2.75) is 44.2 Å². The molecule has 1 unspecified atom stereocenters. The Morgan fingerprint density at radius 3 is 2.52 bits per heavy atom. The quantitative estimate of drug-likeness (QED) is 0.658. The van der Waals surface area contributed by atoms with Crippen molar-refractivity contribution in [1.29, 1.82) is 0 Å². The number of alkyl carbamates (subject to hydrolysis) is 1. The predicted octanol–water partition coefficient (Wildman–Crippen LogP) is 4.53. The molecule has 3 aliphatic heterocycles. The summed E-state index contributed by atoms with van der Waals surface area (Å²) in [5.41, 5.74) is 5.12. The molecule has 6 nitrogen and oxygen atoms in total. The lowest BCUT2D eigenvalue weighted by Crippen LogP contribution is -2.52. The highest BCUT2D eigenvalue weighted by molar-refractivity contribution is 5.71. The van der Waals surface area contributed by atoms with Gasteiger partial charge in [0, 0.05) is 13.7 Å². The second-order valence-electron chi connectivity index (χ2n) is 10.2. The number of benzene rings is 2. The summed E-state index contributed by atoms with van der Waals surface area (Å²) in [5, 5.41) is 3.27. The van der Waals surface area contributed by atoms with Crippen LogP contribution in [0.1, 0.15) is 42.9 Å². The first-order valence-electron chi connectivity index (χ1n) is 12.2. The minimum atomic E-state index is -0.242. The van der Waals surface area contributed by atoms with Crippen LogP contribution in [0.25, 0.3) is 11.1 Å². The molecular formula is C27H32N2O4. The van der Waals surface area contributed by atoms with Crippen LogP contribution in [0.4, 0.5) is 4.79 Å². The van der Waals surface area contributed by atoms with Crippen LogP contribution in [0, 0.1) is 11.3 Å². The van der Waals surface area contributed by atoms with Crippen molar-refractivity contribution in [3.63, 3.8) is 0 Å². The van der Waals surface area contributed by atoms with Crippen LogP contribution in [-0.2, 0) is 15.9 Å². The number of carbonyl (C=O) groups excluding carboxylic acids is 1. The van der Waals surface area contributed by atoms with Gasteiger partial charge in [-0.2, -0.15) is 0 Å². The third kappa shape index (κ3) is 4.00. The van der Waals surface area contributed by atoms with Crippen LogP contribution in [0.3, 0.4) is 0 Å². The number of fused-ring (bicyclic) bond motifs is 4. The van der Waals surface area contributed by atoms with E-state index in [0.717, 1.165) is 63.1 Å². The van der Waals surface area contributed by atoms with Crippen molar-refractivity contribution < 1.29 is 19.0 Å². The zero-order chi connectivity index (χ0) is 22.4. The molecule has 1 saturated carbocycles. The van der Waals surface area contributed by atoms with E-state index in [1.54, 1.807) is 7.11 Å². The first-order chi connectivity index (χ1) is 16.1. The SMILES string of the molecule is COCOc1ccc(-c2ccc3c(c2)CC2(CC2)C3NC(=O)O[C@@H]2CN3CCC2CC3)cc1.